The average molecular weight is 342 g/mol. The van der Waals surface area contributed by atoms with Crippen LogP contribution in [-0.4, -0.2) is 50.6 Å². The molecule has 0 spiro atoms. The van der Waals surface area contributed by atoms with Crippen LogP contribution in [0, 0.1) is 5.92 Å². The summed E-state index contributed by atoms with van der Waals surface area (Å²) in [6, 6.07) is 7.45. The number of hydrogen-bond donors (Lipinski definition) is 2. The molecule has 130 valence electrons. The Kier molecular flexibility index (Phi) is 8.99. The van der Waals surface area contributed by atoms with Gasteiger partial charge in [0.05, 0.1) is 13.7 Å². The minimum atomic E-state index is 0. The van der Waals surface area contributed by atoms with E-state index >= 15 is 0 Å². The molecule has 0 bridgehead atoms. The van der Waals surface area contributed by atoms with Gasteiger partial charge in [-0.2, -0.15) is 0 Å². The monoisotopic (exact) mass is 341 g/mol. The maximum Gasteiger partial charge on any atom is 0.238 e. The molecule has 0 unspecified atom stereocenters. The highest BCUT2D eigenvalue weighted by molar-refractivity contribution is 5.92. The van der Waals surface area contributed by atoms with Crippen molar-refractivity contribution >= 4 is 24.0 Å². The predicted molar refractivity (Wildman–Crippen MR) is 96.6 cm³/mol. The fraction of sp³-hybridized carbons (Fsp3) is 0.588. The topological polar surface area (TPSA) is 53.6 Å². The second-order valence-electron chi connectivity index (χ2n) is 5.81. The third kappa shape index (κ3) is 6.77. The van der Waals surface area contributed by atoms with Crippen molar-refractivity contribution in [3.63, 3.8) is 0 Å². The van der Waals surface area contributed by atoms with E-state index in [0.717, 1.165) is 43.5 Å². The zero-order valence-corrected chi connectivity index (χ0v) is 14.8. The molecule has 23 heavy (non-hydrogen) atoms. The number of ether oxygens (including phenoxy) is 1. The van der Waals surface area contributed by atoms with Crippen molar-refractivity contribution in [1.29, 1.82) is 0 Å². The molecule has 1 saturated heterocycles. The molecule has 1 amide bonds. The Morgan fingerprint density at radius 2 is 2.09 bits per heavy atom. The van der Waals surface area contributed by atoms with Crippen LogP contribution in [0.25, 0.3) is 0 Å². The quantitative estimate of drug-likeness (QED) is 0.799. The van der Waals surface area contributed by atoms with Gasteiger partial charge in [0.25, 0.3) is 0 Å². The van der Waals surface area contributed by atoms with Crippen LogP contribution in [0.5, 0.6) is 5.75 Å². The summed E-state index contributed by atoms with van der Waals surface area (Å²) in [5.74, 6) is 1.54. The molecule has 1 aliphatic heterocycles. The van der Waals surface area contributed by atoms with Gasteiger partial charge in [-0.1, -0.05) is 13.0 Å². The summed E-state index contributed by atoms with van der Waals surface area (Å²) in [6.07, 6.45) is 2.33. The van der Waals surface area contributed by atoms with Gasteiger partial charge in [0.1, 0.15) is 5.75 Å². The number of hydrogen-bond acceptors (Lipinski definition) is 4. The smallest absolute Gasteiger partial charge is 0.238 e. The first-order chi connectivity index (χ1) is 10.7. The highest BCUT2D eigenvalue weighted by Crippen LogP contribution is 2.18. The van der Waals surface area contributed by atoms with Crippen LogP contribution in [0.1, 0.15) is 19.8 Å². The lowest BCUT2D eigenvalue weighted by Gasteiger charge is -2.31. The van der Waals surface area contributed by atoms with E-state index in [1.165, 1.54) is 12.8 Å². The number of carbonyl (C=O) groups is 1. The minimum absolute atomic E-state index is 0. The van der Waals surface area contributed by atoms with E-state index in [-0.39, 0.29) is 18.3 Å². The van der Waals surface area contributed by atoms with Crippen LogP contribution in [-0.2, 0) is 4.79 Å². The van der Waals surface area contributed by atoms with Crippen LogP contribution >= 0.6 is 12.4 Å². The fourth-order valence-corrected chi connectivity index (χ4v) is 2.80. The maximum absolute atomic E-state index is 12.1. The Morgan fingerprint density at radius 1 is 1.35 bits per heavy atom. The van der Waals surface area contributed by atoms with Crippen LogP contribution in [0.2, 0.25) is 0 Å². The molecule has 1 fully saturated rings. The highest BCUT2D eigenvalue weighted by Gasteiger charge is 2.20. The first-order valence-electron chi connectivity index (χ1n) is 8.08. The number of nitrogens with zero attached hydrogens (tertiary/aromatic N) is 1. The summed E-state index contributed by atoms with van der Waals surface area (Å²) < 4.78 is 5.16. The zero-order valence-electron chi connectivity index (χ0n) is 14.0. The number of piperidine rings is 1. The van der Waals surface area contributed by atoms with E-state index < -0.39 is 0 Å². The van der Waals surface area contributed by atoms with E-state index in [1.54, 1.807) is 7.11 Å². The molecule has 1 aromatic rings. The lowest BCUT2D eigenvalue weighted by molar-refractivity contribution is -0.117. The van der Waals surface area contributed by atoms with Gasteiger partial charge in [-0.15, -0.1) is 12.4 Å². The van der Waals surface area contributed by atoms with Crippen LogP contribution in [0.3, 0.4) is 0 Å². The molecular formula is C17H28ClN3O2. The number of likely N-dealkylation sites (tertiary alicyclic amines) is 1. The van der Waals surface area contributed by atoms with E-state index in [2.05, 4.69) is 22.5 Å². The minimum Gasteiger partial charge on any atom is -0.497 e. The third-order valence-electron chi connectivity index (χ3n) is 4.11. The van der Waals surface area contributed by atoms with Gasteiger partial charge in [-0.05, 0) is 57.1 Å². The van der Waals surface area contributed by atoms with Gasteiger partial charge in [-0.3, -0.25) is 9.69 Å². The summed E-state index contributed by atoms with van der Waals surface area (Å²) in [6.45, 7) is 6.73. The average Bonchev–Trinajstić information content (AvgIpc) is 2.54. The van der Waals surface area contributed by atoms with Gasteiger partial charge in [0, 0.05) is 11.8 Å². The molecule has 0 aromatic heterocycles. The summed E-state index contributed by atoms with van der Waals surface area (Å²) in [4.78, 5) is 14.4. The molecule has 1 aliphatic rings. The second kappa shape index (κ2) is 10.5. The van der Waals surface area contributed by atoms with Crippen LogP contribution < -0.4 is 15.4 Å². The number of benzene rings is 1. The standard InChI is InChI=1S/C17H27N3O2.ClH/c1-3-18-12-14-7-9-20(10-8-14)13-17(21)19-15-5-4-6-16(11-15)22-2;/h4-6,11,14,18H,3,7-10,12-13H2,1-2H3,(H,19,21);1H. The highest BCUT2D eigenvalue weighted by atomic mass is 35.5. The molecule has 6 heteroatoms. The van der Waals surface area contributed by atoms with Crippen molar-refractivity contribution in [3.05, 3.63) is 24.3 Å². The van der Waals surface area contributed by atoms with Gasteiger partial charge in [-0.25, -0.2) is 0 Å². The Morgan fingerprint density at radius 3 is 2.74 bits per heavy atom. The Balaban J connectivity index is 0.00000264. The summed E-state index contributed by atoms with van der Waals surface area (Å²) in [5.41, 5.74) is 0.784. The van der Waals surface area contributed by atoms with Crippen molar-refractivity contribution in [2.24, 2.45) is 5.92 Å². The number of rotatable bonds is 7. The molecule has 1 aromatic carbocycles. The lowest BCUT2D eigenvalue weighted by atomic mass is 9.97. The summed E-state index contributed by atoms with van der Waals surface area (Å²) in [7, 11) is 1.62. The Labute approximate surface area is 145 Å². The van der Waals surface area contributed by atoms with E-state index in [1.807, 2.05) is 24.3 Å². The second-order valence-corrected chi connectivity index (χ2v) is 5.81. The Bertz CT molecular complexity index is 477. The number of halogens is 1. The number of nitrogens with one attached hydrogen (secondary N) is 2. The zero-order chi connectivity index (χ0) is 15.8. The third-order valence-corrected chi connectivity index (χ3v) is 4.11. The molecule has 5 nitrogen and oxygen atoms in total. The van der Waals surface area contributed by atoms with Crippen molar-refractivity contribution in [2.45, 2.75) is 19.8 Å². The van der Waals surface area contributed by atoms with Crippen molar-refractivity contribution in [1.82, 2.24) is 10.2 Å². The molecule has 0 radical (unpaired) electrons. The molecule has 0 saturated carbocycles. The molecule has 1 heterocycles. The first kappa shape index (κ1) is 19.7. The molecule has 2 N–H and O–H groups in total. The summed E-state index contributed by atoms with van der Waals surface area (Å²) in [5, 5.41) is 6.34. The van der Waals surface area contributed by atoms with E-state index in [0.29, 0.717) is 6.54 Å². The number of amides is 1. The normalized spacial score (nSPS) is 15.7. The van der Waals surface area contributed by atoms with Gasteiger partial charge in [0.2, 0.25) is 5.91 Å². The largest absolute Gasteiger partial charge is 0.497 e. The predicted octanol–water partition coefficient (Wildman–Crippen LogP) is 2.38. The van der Waals surface area contributed by atoms with E-state index in [9.17, 15) is 4.79 Å². The molecule has 2 rings (SSSR count). The lowest BCUT2D eigenvalue weighted by Crippen LogP contribution is -2.41. The fourth-order valence-electron chi connectivity index (χ4n) is 2.80. The SMILES string of the molecule is CCNCC1CCN(CC(=O)Nc2cccc(OC)c2)CC1.Cl. The van der Waals surface area contributed by atoms with Crippen molar-refractivity contribution in [2.75, 3.05) is 45.2 Å². The summed E-state index contributed by atoms with van der Waals surface area (Å²) >= 11 is 0. The van der Waals surface area contributed by atoms with E-state index in [4.69, 9.17) is 4.74 Å². The maximum atomic E-state index is 12.1. The number of methoxy groups -OCH3 is 1. The molecular weight excluding hydrogens is 314 g/mol. The molecule has 0 aliphatic carbocycles. The molecule has 0 atom stereocenters. The van der Waals surface area contributed by atoms with Crippen molar-refractivity contribution in [3.8, 4) is 5.75 Å². The van der Waals surface area contributed by atoms with Gasteiger partial charge < -0.3 is 15.4 Å². The van der Waals surface area contributed by atoms with Crippen molar-refractivity contribution < 1.29 is 9.53 Å². The first-order valence-corrected chi connectivity index (χ1v) is 8.08. The van der Waals surface area contributed by atoms with Crippen LogP contribution in [0.15, 0.2) is 24.3 Å². The number of carbonyl (C=O) groups excluding carboxylic acids is 1. The van der Waals surface area contributed by atoms with Gasteiger partial charge >= 0.3 is 0 Å². The van der Waals surface area contributed by atoms with Crippen LogP contribution in [0.4, 0.5) is 5.69 Å². The van der Waals surface area contributed by atoms with Gasteiger partial charge in [0.15, 0.2) is 0 Å². The number of anilines is 1. The Hall–Kier alpha value is -1.30.